The van der Waals surface area contributed by atoms with E-state index in [9.17, 15) is 4.79 Å². The van der Waals surface area contributed by atoms with Crippen molar-refractivity contribution in [2.24, 2.45) is 5.10 Å². The minimum atomic E-state index is -0.324. The fourth-order valence-corrected chi connectivity index (χ4v) is 1.98. The fourth-order valence-electron chi connectivity index (χ4n) is 1.86. The fraction of sp³-hybridized carbons (Fsp3) is 0.222. The van der Waals surface area contributed by atoms with Crippen LogP contribution in [0.3, 0.4) is 0 Å². The Morgan fingerprint density at radius 1 is 1.17 bits per heavy atom. The second-order valence-electron chi connectivity index (χ2n) is 5.36. The summed E-state index contributed by atoms with van der Waals surface area (Å²) >= 11 is 5.77. The maximum Gasteiger partial charge on any atom is 0.277 e. The molecule has 0 saturated carbocycles. The zero-order valence-corrected chi connectivity index (χ0v) is 13.9. The highest BCUT2D eigenvalue weighted by Crippen LogP contribution is 2.15. The minimum Gasteiger partial charge on any atom is -0.484 e. The van der Waals surface area contributed by atoms with Crippen LogP contribution in [0.4, 0.5) is 0 Å². The molecule has 0 atom stereocenters. The minimum absolute atomic E-state index is 0.106. The Morgan fingerprint density at radius 2 is 1.83 bits per heavy atom. The van der Waals surface area contributed by atoms with E-state index in [2.05, 4.69) is 36.5 Å². The molecule has 0 unspecified atom stereocenters. The number of hydrazone groups is 1. The monoisotopic (exact) mass is 330 g/mol. The van der Waals surface area contributed by atoms with Crippen molar-refractivity contribution in [2.75, 3.05) is 6.61 Å². The molecular formula is C18H19ClN2O2. The second-order valence-corrected chi connectivity index (χ2v) is 5.79. The smallest absolute Gasteiger partial charge is 0.277 e. The summed E-state index contributed by atoms with van der Waals surface area (Å²) in [6.45, 7) is 4.18. The molecule has 1 N–H and O–H groups in total. The Labute approximate surface area is 141 Å². The van der Waals surface area contributed by atoms with Crippen LogP contribution in [0.25, 0.3) is 0 Å². The van der Waals surface area contributed by atoms with Gasteiger partial charge in [-0.3, -0.25) is 4.79 Å². The number of benzene rings is 2. The molecule has 120 valence electrons. The molecule has 0 saturated heterocycles. The van der Waals surface area contributed by atoms with Crippen LogP contribution in [-0.2, 0) is 4.79 Å². The first-order valence-electron chi connectivity index (χ1n) is 7.35. The van der Waals surface area contributed by atoms with E-state index in [1.54, 1.807) is 30.5 Å². The summed E-state index contributed by atoms with van der Waals surface area (Å²) < 4.78 is 5.32. The van der Waals surface area contributed by atoms with Crippen LogP contribution in [0.2, 0.25) is 5.02 Å². The number of carbonyl (C=O) groups is 1. The van der Waals surface area contributed by atoms with Gasteiger partial charge < -0.3 is 4.74 Å². The maximum absolute atomic E-state index is 11.6. The van der Waals surface area contributed by atoms with Crippen LogP contribution >= 0.6 is 11.6 Å². The Balaban J connectivity index is 1.78. The molecule has 2 rings (SSSR count). The van der Waals surface area contributed by atoms with Gasteiger partial charge in [0.25, 0.3) is 5.91 Å². The molecule has 5 heteroatoms. The summed E-state index contributed by atoms with van der Waals surface area (Å²) in [6, 6.07) is 14.9. The van der Waals surface area contributed by atoms with Crippen molar-refractivity contribution in [2.45, 2.75) is 19.8 Å². The lowest BCUT2D eigenvalue weighted by molar-refractivity contribution is -0.123. The van der Waals surface area contributed by atoms with Crippen LogP contribution in [0.15, 0.2) is 53.6 Å². The Bertz CT molecular complexity index is 664. The third-order valence-electron chi connectivity index (χ3n) is 3.19. The molecule has 0 heterocycles. The lowest BCUT2D eigenvalue weighted by Gasteiger charge is -2.05. The molecule has 0 fully saturated rings. The normalized spacial score (nSPS) is 11.0. The van der Waals surface area contributed by atoms with Crippen LogP contribution in [0.5, 0.6) is 5.75 Å². The molecule has 0 aliphatic carbocycles. The molecular weight excluding hydrogens is 312 g/mol. The van der Waals surface area contributed by atoms with Crippen molar-refractivity contribution in [3.63, 3.8) is 0 Å². The Kier molecular flexibility index (Phi) is 6.18. The number of nitrogens with one attached hydrogen (secondary N) is 1. The lowest BCUT2D eigenvalue weighted by Crippen LogP contribution is -2.24. The van der Waals surface area contributed by atoms with Gasteiger partial charge in [-0.2, -0.15) is 5.10 Å². The van der Waals surface area contributed by atoms with E-state index in [1.807, 2.05) is 12.1 Å². The molecule has 0 aliphatic heterocycles. The van der Waals surface area contributed by atoms with Gasteiger partial charge in [-0.15, -0.1) is 0 Å². The number of carbonyl (C=O) groups excluding carboxylic acids is 1. The molecule has 0 radical (unpaired) electrons. The predicted molar refractivity (Wildman–Crippen MR) is 93.2 cm³/mol. The van der Waals surface area contributed by atoms with Gasteiger partial charge >= 0.3 is 0 Å². The second kappa shape index (κ2) is 8.34. The summed E-state index contributed by atoms with van der Waals surface area (Å²) in [5, 5.41) is 4.54. The van der Waals surface area contributed by atoms with Crippen molar-refractivity contribution < 1.29 is 9.53 Å². The molecule has 0 aromatic heterocycles. The highest BCUT2D eigenvalue weighted by Gasteiger charge is 2.01. The number of nitrogens with zero attached hydrogens (tertiary/aromatic N) is 1. The van der Waals surface area contributed by atoms with E-state index in [1.165, 1.54) is 5.56 Å². The van der Waals surface area contributed by atoms with Crippen molar-refractivity contribution in [3.8, 4) is 5.75 Å². The molecule has 1 amide bonds. The van der Waals surface area contributed by atoms with E-state index in [-0.39, 0.29) is 12.5 Å². The summed E-state index contributed by atoms with van der Waals surface area (Å²) in [5.41, 5.74) is 4.62. The lowest BCUT2D eigenvalue weighted by atomic mass is 10.0. The first-order chi connectivity index (χ1) is 11.0. The number of halogens is 1. The Hall–Kier alpha value is -2.33. The maximum atomic E-state index is 11.6. The highest BCUT2D eigenvalue weighted by molar-refractivity contribution is 6.30. The van der Waals surface area contributed by atoms with Crippen LogP contribution in [-0.4, -0.2) is 18.7 Å². The van der Waals surface area contributed by atoms with Gasteiger partial charge in [-0.25, -0.2) is 5.43 Å². The van der Waals surface area contributed by atoms with Crippen molar-refractivity contribution in [3.05, 3.63) is 64.7 Å². The molecule has 2 aromatic carbocycles. The zero-order chi connectivity index (χ0) is 16.7. The van der Waals surface area contributed by atoms with Crippen molar-refractivity contribution in [1.29, 1.82) is 0 Å². The average Bonchev–Trinajstić information content (AvgIpc) is 2.55. The van der Waals surface area contributed by atoms with Gasteiger partial charge in [0.15, 0.2) is 6.61 Å². The van der Waals surface area contributed by atoms with Crippen molar-refractivity contribution in [1.82, 2.24) is 5.43 Å². The molecule has 0 aliphatic rings. The van der Waals surface area contributed by atoms with E-state index < -0.39 is 0 Å². The van der Waals surface area contributed by atoms with E-state index in [0.29, 0.717) is 16.7 Å². The molecule has 0 bridgehead atoms. The number of ether oxygens (including phenoxy) is 1. The van der Waals surface area contributed by atoms with Crippen LogP contribution < -0.4 is 10.2 Å². The third-order valence-corrected chi connectivity index (χ3v) is 3.44. The number of hydrogen-bond donors (Lipinski definition) is 1. The molecule has 2 aromatic rings. The summed E-state index contributed by atoms with van der Waals surface area (Å²) in [5.74, 6) is 0.749. The van der Waals surface area contributed by atoms with E-state index in [4.69, 9.17) is 16.3 Å². The summed E-state index contributed by atoms with van der Waals surface area (Å²) in [4.78, 5) is 11.6. The van der Waals surface area contributed by atoms with Gasteiger partial charge in [0.05, 0.1) is 6.21 Å². The molecule has 4 nitrogen and oxygen atoms in total. The quantitative estimate of drug-likeness (QED) is 0.643. The van der Waals surface area contributed by atoms with Gasteiger partial charge in [-0.05, 0) is 41.3 Å². The van der Waals surface area contributed by atoms with E-state index in [0.717, 1.165) is 5.56 Å². The van der Waals surface area contributed by atoms with Gasteiger partial charge in [0, 0.05) is 5.02 Å². The summed E-state index contributed by atoms with van der Waals surface area (Å²) in [7, 11) is 0. The summed E-state index contributed by atoms with van der Waals surface area (Å²) in [6.07, 6.45) is 1.60. The van der Waals surface area contributed by atoms with Crippen LogP contribution in [0.1, 0.15) is 30.9 Å². The SMILES string of the molecule is CC(C)c1ccc(C=NNC(=O)COc2ccc(Cl)cc2)cc1. The van der Waals surface area contributed by atoms with E-state index >= 15 is 0 Å². The largest absolute Gasteiger partial charge is 0.484 e. The van der Waals surface area contributed by atoms with Crippen molar-refractivity contribution >= 4 is 23.7 Å². The van der Waals surface area contributed by atoms with Gasteiger partial charge in [-0.1, -0.05) is 49.7 Å². The third kappa shape index (κ3) is 5.75. The first kappa shape index (κ1) is 17.0. The Morgan fingerprint density at radius 3 is 2.43 bits per heavy atom. The molecule has 0 spiro atoms. The van der Waals surface area contributed by atoms with Gasteiger partial charge in [0.1, 0.15) is 5.75 Å². The van der Waals surface area contributed by atoms with Gasteiger partial charge in [0.2, 0.25) is 0 Å². The standard InChI is InChI=1S/C18H19ClN2O2/c1-13(2)15-5-3-14(4-6-15)11-20-21-18(22)12-23-17-9-7-16(19)8-10-17/h3-11,13H,12H2,1-2H3,(H,21,22). The zero-order valence-electron chi connectivity index (χ0n) is 13.1. The highest BCUT2D eigenvalue weighted by atomic mass is 35.5. The first-order valence-corrected chi connectivity index (χ1v) is 7.72. The number of amides is 1. The number of hydrogen-bond acceptors (Lipinski definition) is 3. The molecule has 23 heavy (non-hydrogen) atoms. The van der Waals surface area contributed by atoms with Crippen LogP contribution in [0, 0.1) is 0 Å². The average molecular weight is 331 g/mol. The topological polar surface area (TPSA) is 50.7 Å². The number of rotatable bonds is 6. The predicted octanol–water partition coefficient (Wildman–Crippen LogP) is 3.99.